The minimum absolute atomic E-state index is 0.195. The van der Waals surface area contributed by atoms with E-state index < -0.39 is 6.29 Å². The van der Waals surface area contributed by atoms with Gasteiger partial charge in [0.25, 0.3) is 0 Å². The summed E-state index contributed by atoms with van der Waals surface area (Å²) in [7, 11) is 0. The average molecular weight is 162 g/mol. The predicted molar refractivity (Wildman–Crippen MR) is 43.2 cm³/mol. The van der Waals surface area contributed by atoms with Gasteiger partial charge >= 0.3 is 0 Å². The summed E-state index contributed by atoms with van der Waals surface area (Å²) in [6, 6.07) is 0. The molecule has 0 saturated carbocycles. The summed E-state index contributed by atoms with van der Waals surface area (Å²) in [6.07, 6.45) is 2.48. The highest BCUT2D eigenvalue weighted by atomic mass is 16.6. The summed E-state index contributed by atoms with van der Waals surface area (Å²) in [5.74, 6) is 0. The number of rotatable bonds is 7. The monoisotopic (exact) mass is 162 g/mol. The van der Waals surface area contributed by atoms with E-state index in [1.807, 2.05) is 6.92 Å². The predicted octanol–water partition coefficient (Wildman–Crippen LogP) is 0.894. The first-order chi connectivity index (χ1) is 5.31. The Morgan fingerprint density at radius 2 is 2.09 bits per heavy atom. The van der Waals surface area contributed by atoms with Crippen molar-refractivity contribution in [2.45, 2.75) is 38.9 Å². The van der Waals surface area contributed by atoms with E-state index in [1.165, 1.54) is 0 Å². The van der Waals surface area contributed by atoms with Gasteiger partial charge in [-0.2, -0.15) is 0 Å². The molecule has 0 radical (unpaired) electrons. The topological polar surface area (TPSA) is 49.7 Å². The lowest BCUT2D eigenvalue weighted by atomic mass is 10.2. The van der Waals surface area contributed by atoms with Crippen LogP contribution >= 0.6 is 0 Å². The molecule has 0 aromatic rings. The molecule has 0 amide bonds. The molecular weight excluding hydrogens is 144 g/mol. The van der Waals surface area contributed by atoms with Gasteiger partial charge in [0.2, 0.25) is 0 Å². The lowest BCUT2D eigenvalue weighted by Gasteiger charge is -2.09. The molecule has 0 aliphatic heterocycles. The van der Waals surface area contributed by atoms with Crippen molar-refractivity contribution in [1.29, 1.82) is 0 Å². The van der Waals surface area contributed by atoms with Gasteiger partial charge in [-0.15, -0.1) is 0 Å². The molecule has 3 heteroatoms. The van der Waals surface area contributed by atoms with Crippen molar-refractivity contribution in [2.75, 3.05) is 13.2 Å². The fourth-order valence-electron chi connectivity index (χ4n) is 0.768. The maximum atomic E-state index is 9.10. The summed E-state index contributed by atoms with van der Waals surface area (Å²) < 4.78 is 5.01. The Morgan fingerprint density at radius 1 is 1.36 bits per heavy atom. The van der Waals surface area contributed by atoms with E-state index in [0.717, 1.165) is 19.3 Å². The second kappa shape index (κ2) is 7.98. The Kier molecular flexibility index (Phi) is 7.89. The van der Waals surface area contributed by atoms with Crippen LogP contribution in [0.2, 0.25) is 0 Å². The zero-order valence-electron chi connectivity index (χ0n) is 7.12. The van der Waals surface area contributed by atoms with Crippen molar-refractivity contribution in [3.8, 4) is 0 Å². The smallest absolute Gasteiger partial charge is 0.154 e. The van der Waals surface area contributed by atoms with Gasteiger partial charge in [-0.3, -0.25) is 0 Å². The van der Waals surface area contributed by atoms with Crippen LogP contribution in [0, 0.1) is 0 Å². The Labute approximate surface area is 68.0 Å². The zero-order chi connectivity index (χ0) is 8.53. The maximum absolute atomic E-state index is 9.10. The summed E-state index contributed by atoms with van der Waals surface area (Å²) in [5.41, 5.74) is 0. The van der Waals surface area contributed by atoms with Gasteiger partial charge in [-0.1, -0.05) is 6.92 Å². The fraction of sp³-hybridized carbons (Fsp3) is 1.00. The van der Waals surface area contributed by atoms with Crippen LogP contribution in [-0.4, -0.2) is 29.7 Å². The molecule has 1 atom stereocenters. The Balaban J connectivity index is 3.02. The molecule has 0 heterocycles. The van der Waals surface area contributed by atoms with Gasteiger partial charge in [0.05, 0.1) is 0 Å². The second-order valence-corrected chi connectivity index (χ2v) is 2.54. The third kappa shape index (κ3) is 7.78. The minimum atomic E-state index is -0.638. The van der Waals surface area contributed by atoms with Gasteiger partial charge in [0.1, 0.15) is 0 Å². The van der Waals surface area contributed by atoms with Crippen LogP contribution in [0.25, 0.3) is 0 Å². The number of hydrogen-bond acceptors (Lipinski definition) is 3. The molecule has 1 unspecified atom stereocenters. The van der Waals surface area contributed by atoms with Crippen molar-refractivity contribution in [3.05, 3.63) is 0 Å². The Bertz CT molecular complexity index is 75.7. The van der Waals surface area contributed by atoms with E-state index in [-0.39, 0.29) is 6.61 Å². The lowest BCUT2D eigenvalue weighted by molar-refractivity contribution is -0.104. The van der Waals surface area contributed by atoms with E-state index in [9.17, 15) is 0 Å². The van der Waals surface area contributed by atoms with Crippen LogP contribution in [0.5, 0.6) is 0 Å². The van der Waals surface area contributed by atoms with Crippen molar-refractivity contribution in [1.82, 2.24) is 0 Å². The fourth-order valence-corrected chi connectivity index (χ4v) is 0.768. The Hall–Kier alpha value is -0.120. The summed E-state index contributed by atoms with van der Waals surface area (Å²) in [5, 5.41) is 17.5. The third-order valence-corrected chi connectivity index (χ3v) is 1.37. The molecule has 0 aromatic heterocycles. The Morgan fingerprint density at radius 3 is 2.64 bits per heavy atom. The van der Waals surface area contributed by atoms with E-state index >= 15 is 0 Å². The maximum Gasteiger partial charge on any atom is 0.154 e. The molecule has 2 N–H and O–H groups in total. The highest BCUT2D eigenvalue weighted by Crippen LogP contribution is 2.01. The number of unbranched alkanes of at least 4 members (excludes halogenated alkanes) is 1. The van der Waals surface area contributed by atoms with Crippen molar-refractivity contribution in [2.24, 2.45) is 0 Å². The zero-order valence-corrected chi connectivity index (χ0v) is 7.12. The molecule has 0 aliphatic carbocycles. The molecule has 11 heavy (non-hydrogen) atoms. The van der Waals surface area contributed by atoms with E-state index in [0.29, 0.717) is 13.0 Å². The van der Waals surface area contributed by atoms with Crippen LogP contribution in [0.4, 0.5) is 0 Å². The van der Waals surface area contributed by atoms with Crippen LogP contribution in [0.15, 0.2) is 0 Å². The van der Waals surface area contributed by atoms with Gasteiger partial charge < -0.3 is 14.9 Å². The van der Waals surface area contributed by atoms with Crippen LogP contribution in [0.1, 0.15) is 32.6 Å². The van der Waals surface area contributed by atoms with Crippen LogP contribution in [-0.2, 0) is 4.74 Å². The first-order valence-electron chi connectivity index (χ1n) is 4.21. The summed E-state index contributed by atoms with van der Waals surface area (Å²) in [6.45, 7) is 2.81. The molecule has 0 aromatic carbocycles. The number of aliphatic hydroxyl groups excluding tert-OH is 2. The quantitative estimate of drug-likeness (QED) is 0.432. The highest BCUT2D eigenvalue weighted by Gasteiger charge is 2.01. The SMILES string of the molecule is CCCOC(O)CCCCO. The molecule has 68 valence electrons. The van der Waals surface area contributed by atoms with E-state index in [2.05, 4.69) is 0 Å². The first kappa shape index (κ1) is 10.9. The number of ether oxygens (including phenoxy) is 1. The highest BCUT2D eigenvalue weighted by molar-refractivity contribution is 4.43. The number of aliphatic hydroxyl groups is 2. The molecule has 0 saturated heterocycles. The molecule has 0 fully saturated rings. The van der Waals surface area contributed by atoms with Gasteiger partial charge in [0.15, 0.2) is 6.29 Å². The minimum Gasteiger partial charge on any atom is -0.396 e. The van der Waals surface area contributed by atoms with Crippen molar-refractivity contribution in [3.63, 3.8) is 0 Å². The largest absolute Gasteiger partial charge is 0.396 e. The van der Waals surface area contributed by atoms with Gasteiger partial charge in [-0.05, 0) is 25.7 Å². The molecule has 0 spiro atoms. The normalized spacial score (nSPS) is 13.4. The molecule has 0 rings (SSSR count). The standard InChI is InChI=1S/C8H18O3/c1-2-7-11-8(10)5-3-4-6-9/h8-10H,2-7H2,1H3. The molecule has 0 bridgehead atoms. The summed E-state index contributed by atoms with van der Waals surface area (Å²) >= 11 is 0. The number of hydrogen-bond donors (Lipinski definition) is 2. The van der Waals surface area contributed by atoms with Crippen LogP contribution in [0.3, 0.4) is 0 Å². The summed E-state index contributed by atoms with van der Waals surface area (Å²) in [4.78, 5) is 0. The van der Waals surface area contributed by atoms with Gasteiger partial charge in [-0.25, -0.2) is 0 Å². The molecule has 3 nitrogen and oxygen atoms in total. The van der Waals surface area contributed by atoms with Crippen molar-refractivity contribution >= 4 is 0 Å². The van der Waals surface area contributed by atoms with Crippen LogP contribution < -0.4 is 0 Å². The third-order valence-electron chi connectivity index (χ3n) is 1.37. The average Bonchev–Trinajstić information content (AvgIpc) is 2.01. The van der Waals surface area contributed by atoms with Crippen molar-refractivity contribution < 1.29 is 14.9 Å². The molecular formula is C8H18O3. The van der Waals surface area contributed by atoms with E-state index in [4.69, 9.17) is 14.9 Å². The second-order valence-electron chi connectivity index (χ2n) is 2.54. The first-order valence-corrected chi connectivity index (χ1v) is 4.21. The molecule has 0 aliphatic rings. The van der Waals surface area contributed by atoms with Gasteiger partial charge in [0, 0.05) is 13.2 Å². The lowest BCUT2D eigenvalue weighted by Crippen LogP contribution is -2.12. The van der Waals surface area contributed by atoms with E-state index in [1.54, 1.807) is 0 Å².